The summed E-state index contributed by atoms with van der Waals surface area (Å²) in [6.45, 7) is 11.7. The highest BCUT2D eigenvalue weighted by molar-refractivity contribution is 5.66. The minimum absolute atomic E-state index is 0.112. The van der Waals surface area contributed by atoms with E-state index in [9.17, 15) is 0 Å². The third-order valence-electron chi connectivity index (χ3n) is 3.17. The molecule has 0 unspecified atom stereocenters. The van der Waals surface area contributed by atoms with E-state index < -0.39 is 0 Å². The number of fused-ring (bicyclic) bond motifs is 1. The van der Waals surface area contributed by atoms with Crippen molar-refractivity contribution in [3.63, 3.8) is 0 Å². The Balaban J connectivity index is 2.45. The van der Waals surface area contributed by atoms with Crippen LogP contribution < -0.4 is 10.1 Å². The summed E-state index contributed by atoms with van der Waals surface area (Å²) in [6, 6.07) is 4.27. The summed E-state index contributed by atoms with van der Waals surface area (Å²) < 4.78 is 5.97. The molecule has 0 amide bonds. The second-order valence-corrected chi connectivity index (χ2v) is 5.52. The van der Waals surface area contributed by atoms with Crippen molar-refractivity contribution in [2.24, 2.45) is 0 Å². The van der Waals surface area contributed by atoms with Gasteiger partial charge >= 0.3 is 0 Å². The molecule has 1 N–H and O–H groups in total. The summed E-state index contributed by atoms with van der Waals surface area (Å²) in [5.74, 6) is 1.54. The van der Waals surface area contributed by atoms with Crippen molar-refractivity contribution in [1.82, 2.24) is 0 Å². The second-order valence-electron chi connectivity index (χ2n) is 5.52. The zero-order chi connectivity index (χ0) is 11.9. The van der Waals surface area contributed by atoms with Crippen LogP contribution in [0.25, 0.3) is 0 Å². The monoisotopic (exact) mass is 219 g/mol. The van der Waals surface area contributed by atoms with Crippen molar-refractivity contribution in [2.45, 2.75) is 46.1 Å². The number of nitrogens with one attached hydrogen (secondary N) is 1. The number of anilines is 1. The molecule has 0 bridgehead atoms. The Bertz CT molecular complexity index is 407. The molecule has 1 heterocycles. The predicted molar refractivity (Wildman–Crippen MR) is 68.5 cm³/mol. The van der Waals surface area contributed by atoms with E-state index >= 15 is 0 Å². The maximum atomic E-state index is 5.97. The Morgan fingerprint density at radius 2 is 2.00 bits per heavy atom. The van der Waals surface area contributed by atoms with Crippen LogP contribution in [-0.4, -0.2) is 12.1 Å². The summed E-state index contributed by atoms with van der Waals surface area (Å²) >= 11 is 0. The highest BCUT2D eigenvalue weighted by Crippen LogP contribution is 2.38. The van der Waals surface area contributed by atoms with Gasteiger partial charge in [0.25, 0.3) is 0 Å². The Labute approximate surface area is 98.0 Å². The average Bonchev–Trinajstić information content (AvgIpc) is 2.15. The van der Waals surface area contributed by atoms with Crippen molar-refractivity contribution < 1.29 is 4.74 Å². The van der Waals surface area contributed by atoms with Gasteiger partial charge in [0.1, 0.15) is 11.4 Å². The molecule has 0 saturated carbocycles. The molecule has 0 fully saturated rings. The zero-order valence-electron chi connectivity index (χ0n) is 10.8. The van der Waals surface area contributed by atoms with Gasteiger partial charge < -0.3 is 10.1 Å². The molecule has 0 saturated heterocycles. The predicted octanol–water partition coefficient (Wildman–Crippen LogP) is 3.70. The van der Waals surface area contributed by atoms with Crippen LogP contribution in [0.4, 0.5) is 5.69 Å². The molecule has 88 valence electrons. The molecule has 1 aromatic rings. The van der Waals surface area contributed by atoms with E-state index in [1.54, 1.807) is 0 Å². The highest BCUT2D eigenvalue weighted by Gasteiger charge is 2.27. The van der Waals surface area contributed by atoms with Crippen LogP contribution in [0.2, 0.25) is 0 Å². The van der Waals surface area contributed by atoms with Crippen molar-refractivity contribution in [2.75, 3.05) is 11.9 Å². The molecule has 0 atom stereocenters. The van der Waals surface area contributed by atoms with Gasteiger partial charge in [0.05, 0.1) is 12.2 Å². The Hall–Kier alpha value is -1.18. The molecule has 2 nitrogen and oxygen atoms in total. The molecule has 0 aromatic heterocycles. The fourth-order valence-corrected chi connectivity index (χ4v) is 2.27. The van der Waals surface area contributed by atoms with Gasteiger partial charge in [0, 0.05) is 0 Å². The van der Waals surface area contributed by atoms with Crippen molar-refractivity contribution in [3.8, 4) is 5.75 Å². The third kappa shape index (κ3) is 1.89. The highest BCUT2D eigenvalue weighted by atomic mass is 16.5. The van der Waals surface area contributed by atoms with E-state index in [4.69, 9.17) is 4.74 Å². The summed E-state index contributed by atoms with van der Waals surface area (Å²) in [5, 5.41) is 3.49. The Morgan fingerprint density at radius 3 is 2.62 bits per heavy atom. The quantitative estimate of drug-likeness (QED) is 0.777. The summed E-state index contributed by atoms with van der Waals surface area (Å²) in [7, 11) is 0. The second kappa shape index (κ2) is 3.69. The standard InChI is InChI=1S/C14H21NO/c1-9(2)11-6-7-12-13(10(11)3)15-8-14(4,5)16-12/h6-7,9,15H,8H2,1-5H3. The molecule has 1 aliphatic rings. The van der Waals surface area contributed by atoms with Gasteiger partial charge in [-0.15, -0.1) is 0 Å². The topological polar surface area (TPSA) is 21.3 Å². The first-order chi connectivity index (χ1) is 7.41. The maximum absolute atomic E-state index is 5.97. The molecule has 2 heteroatoms. The van der Waals surface area contributed by atoms with Crippen LogP contribution in [0.15, 0.2) is 12.1 Å². The van der Waals surface area contributed by atoms with Gasteiger partial charge in [-0.3, -0.25) is 0 Å². The zero-order valence-corrected chi connectivity index (χ0v) is 10.8. The first-order valence-electron chi connectivity index (χ1n) is 5.97. The number of ether oxygens (including phenoxy) is 1. The van der Waals surface area contributed by atoms with Crippen molar-refractivity contribution in [1.29, 1.82) is 0 Å². The summed E-state index contributed by atoms with van der Waals surface area (Å²) in [4.78, 5) is 0. The number of rotatable bonds is 1. The van der Waals surface area contributed by atoms with E-state index in [1.807, 2.05) is 0 Å². The van der Waals surface area contributed by atoms with Crippen LogP contribution in [0.1, 0.15) is 44.7 Å². The smallest absolute Gasteiger partial charge is 0.143 e. The average molecular weight is 219 g/mol. The van der Waals surface area contributed by atoms with Crippen molar-refractivity contribution >= 4 is 5.69 Å². The van der Waals surface area contributed by atoms with Crippen LogP contribution >= 0.6 is 0 Å². The lowest BCUT2D eigenvalue weighted by molar-refractivity contribution is 0.116. The molecule has 2 rings (SSSR count). The van der Waals surface area contributed by atoms with Gasteiger partial charge in [-0.2, -0.15) is 0 Å². The van der Waals surface area contributed by atoms with Gasteiger partial charge in [-0.25, -0.2) is 0 Å². The summed E-state index contributed by atoms with van der Waals surface area (Å²) in [5.41, 5.74) is 3.78. The molecule has 0 aliphatic carbocycles. The minimum atomic E-state index is -0.112. The number of benzene rings is 1. The third-order valence-corrected chi connectivity index (χ3v) is 3.17. The lowest BCUT2D eigenvalue weighted by atomic mass is 9.95. The van der Waals surface area contributed by atoms with Gasteiger partial charge in [0.15, 0.2) is 0 Å². The number of hydrogen-bond donors (Lipinski definition) is 1. The number of hydrogen-bond acceptors (Lipinski definition) is 2. The van der Waals surface area contributed by atoms with Crippen LogP contribution in [-0.2, 0) is 0 Å². The van der Waals surface area contributed by atoms with Crippen molar-refractivity contribution in [3.05, 3.63) is 23.3 Å². The molecular formula is C14H21NO. The first kappa shape index (κ1) is 11.3. The van der Waals surface area contributed by atoms with Crippen LogP contribution in [0, 0.1) is 6.92 Å². The summed E-state index contributed by atoms with van der Waals surface area (Å²) in [6.07, 6.45) is 0. The Morgan fingerprint density at radius 1 is 1.31 bits per heavy atom. The van der Waals surface area contributed by atoms with Gasteiger partial charge in [0.2, 0.25) is 0 Å². The normalized spacial score (nSPS) is 17.6. The fourth-order valence-electron chi connectivity index (χ4n) is 2.27. The van der Waals surface area contributed by atoms with E-state index in [0.29, 0.717) is 5.92 Å². The largest absolute Gasteiger partial charge is 0.484 e. The van der Waals surface area contributed by atoms with E-state index in [1.165, 1.54) is 16.8 Å². The van der Waals surface area contributed by atoms with Crippen LogP contribution in [0.3, 0.4) is 0 Å². The lowest BCUT2D eigenvalue weighted by Gasteiger charge is -2.35. The van der Waals surface area contributed by atoms with E-state index in [-0.39, 0.29) is 5.60 Å². The molecule has 1 aliphatic heterocycles. The van der Waals surface area contributed by atoms with E-state index in [2.05, 4.69) is 52.1 Å². The lowest BCUT2D eigenvalue weighted by Crippen LogP contribution is -2.40. The first-order valence-corrected chi connectivity index (χ1v) is 5.97. The Kier molecular flexibility index (Phi) is 2.61. The maximum Gasteiger partial charge on any atom is 0.143 e. The molecule has 0 spiro atoms. The molecule has 0 radical (unpaired) electrons. The SMILES string of the molecule is Cc1c(C(C)C)ccc2c1NCC(C)(C)O2. The molecule has 16 heavy (non-hydrogen) atoms. The van der Waals surface area contributed by atoms with Gasteiger partial charge in [-0.1, -0.05) is 19.9 Å². The van der Waals surface area contributed by atoms with Gasteiger partial charge in [-0.05, 0) is 43.9 Å². The molecule has 1 aromatic carbocycles. The van der Waals surface area contributed by atoms with Crippen LogP contribution in [0.5, 0.6) is 5.75 Å². The van der Waals surface area contributed by atoms with E-state index in [0.717, 1.165) is 12.3 Å². The molecular weight excluding hydrogens is 198 g/mol. The fraction of sp³-hybridized carbons (Fsp3) is 0.571. The minimum Gasteiger partial charge on any atom is -0.484 e.